The molecule has 4 nitrogen and oxygen atoms in total. The summed E-state index contributed by atoms with van der Waals surface area (Å²) in [5.74, 6) is -0.0798. The largest absolute Gasteiger partial charge is 0.361 e. The first-order chi connectivity index (χ1) is 12.1. The molecule has 0 aliphatic rings. The summed E-state index contributed by atoms with van der Waals surface area (Å²) in [5, 5.41) is 8.32. The Hall–Kier alpha value is -2.01. The molecule has 25 heavy (non-hydrogen) atoms. The van der Waals surface area contributed by atoms with Gasteiger partial charge in [0.25, 0.3) is 0 Å². The third-order valence-corrected chi connectivity index (χ3v) is 4.53. The smallest absolute Gasteiger partial charge is 0.225 e. The Kier molecular flexibility index (Phi) is 5.97. The lowest BCUT2D eigenvalue weighted by atomic mass is 10.1. The van der Waals surface area contributed by atoms with Gasteiger partial charge in [0.05, 0.1) is 10.7 Å². The van der Waals surface area contributed by atoms with Crippen LogP contribution in [0, 0.1) is 0 Å². The molecule has 1 amide bonds. The van der Waals surface area contributed by atoms with Crippen molar-refractivity contribution >= 4 is 45.7 Å². The van der Waals surface area contributed by atoms with Crippen LogP contribution >= 0.6 is 23.2 Å². The second kappa shape index (κ2) is 8.39. The minimum absolute atomic E-state index is 0.0798. The van der Waals surface area contributed by atoms with E-state index in [1.54, 1.807) is 18.2 Å². The number of rotatable bonds is 7. The normalized spacial score (nSPS) is 11.0. The van der Waals surface area contributed by atoms with Crippen LogP contribution in [-0.2, 0) is 11.2 Å². The van der Waals surface area contributed by atoms with E-state index in [4.69, 9.17) is 23.2 Å². The van der Waals surface area contributed by atoms with Gasteiger partial charge in [0.1, 0.15) is 0 Å². The maximum atomic E-state index is 12.0. The molecule has 130 valence electrons. The highest BCUT2D eigenvalue weighted by molar-refractivity contribution is 6.36. The van der Waals surface area contributed by atoms with E-state index in [-0.39, 0.29) is 5.91 Å². The zero-order valence-corrected chi connectivity index (χ0v) is 15.1. The summed E-state index contributed by atoms with van der Waals surface area (Å²) in [4.78, 5) is 15.2. The van der Waals surface area contributed by atoms with Crippen molar-refractivity contribution in [3.63, 3.8) is 0 Å². The number of carbonyl (C=O) groups excluding carboxylic acids is 1. The standard InChI is InChI=1S/C19H19Cl2N3O/c20-14-5-6-18(16(21)11-14)24-19(25)8-10-22-9-7-13-12-23-17-4-2-1-3-15(13)17/h1-6,11-12,22-23H,7-10H2,(H,24,25). The van der Waals surface area contributed by atoms with Crippen LogP contribution in [0.1, 0.15) is 12.0 Å². The van der Waals surface area contributed by atoms with Crippen LogP contribution < -0.4 is 10.6 Å². The number of amides is 1. The van der Waals surface area contributed by atoms with Crippen molar-refractivity contribution in [2.45, 2.75) is 12.8 Å². The van der Waals surface area contributed by atoms with Crippen LogP contribution in [-0.4, -0.2) is 24.0 Å². The molecule has 2 aromatic carbocycles. The minimum Gasteiger partial charge on any atom is -0.361 e. The summed E-state index contributed by atoms with van der Waals surface area (Å²) in [6.45, 7) is 1.43. The summed E-state index contributed by atoms with van der Waals surface area (Å²) in [5.41, 5.74) is 3.01. The van der Waals surface area contributed by atoms with Gasteiger partial charge in [-0.05, 0) is 42.8 Å². The molecule has 1 aromatic heterocycles. The molecule has 0 aliphatic heterocycles. The molecule has 3 rings (SSSR count). The molecule has 3 N–H and O–H groups in total. The molecule has 0 atom stereocenters. The highest BCUT2D eigenvalue weighted by Gasteiger charge is 2.06. The lowest BCUT2D eigenvalue weighted by molar-refractivity contribution is -0.116. The van der Waals surface area contributed by atoms with Crippen molar-refractivity contribution in [2.75, 3.05) is 18.4 Å². The zero-order valence-electron chi connectivity index (χ0n) is 13.6. The fourth-order valence-corrected chi connectivity index (χ4v) is 3.15. The van der Waals surface area contributed by atoms with E-state index in [0.29, 0.717) is 28.7 Å². The van der Waals surface area contributed by atoms with E-state index in [9.17, 15) is 4.79 Å². The van der Waals surface area contributed by atoms with Crippen LogP contribution in [0.25, 0.3) is 10.9 Å². The van der Waals surface area contributed by atoms with Gasteiger partial charge >= 0.3 is 0 Å². The van der Waals surface area contributed by atoms with Gasteiger partial charge in [0, 0.05) is 35.1 Å². The number of H-pyrrole nitrogens is 1. The van der Waals surface area contributed by atoms with E-state index in [1.165, 1.54) is 10.9 Å². The molecule has 0 saturated heterocycles. The lowest BCUT2D eigenvalue weighted by Crippen LogP contribution is -2.23. The zero-order chi connectivity index (χ0) is 17.6. The van der Waals surface area contributed by atoms with Crippen LogP contribution in [0.15, 0.2) is 48.7 Å². The topological polar surface area (TPSA) is 56.9 Å². The maximum absolute atomic E-state index is 12.0. The Morgan fingerprint density at radius 2 is 1.92 bits per heavy atom. The molecular weight excluding hydrogens is 357 g/mol. The molecule has 0 unspecified atom stereocenters. The summed E-state index contributed by atoms with van der Waals surface area (Å²) in [6.07, 6.45) is 3.34. The highest BCUT2D eigenvalue weighted by atomic mass is 35.5. The first-order valence-electron chi connectivity index (χ1n) is 8.14. The molecule has 6 heteroatoms. The fourth-order valence-electron chi connectivity index (χ4n) is 2.69. The Morgan fingerprint density at radius 3 is 2.76 bits per heavy atom. The van der Waals surface area contributed by atoms with E-state index < -0.39 is 0 Å². The fraction of sp³-hybridized carbons (Fsp3) is 0.211. The number of para-hydroxylation sites is 1. The molecule has 0 saturated carbocycles. The molecule has 3 aromatic rings. The van der Waals surface area contributed by atoms with Gasteiger partial charge < -0.3 is 15.6 Å². The van der Waals surface area contributed by atoms with Crippen molar-refractivity contribution < 1.29 is 4.79 Å². The Bertz CT molecular complexity index is 876. The van der Waals surface area contributed by atoms with Crippen LogP contribution in [0.3, 0.4) is 0 Å². The number of aromatic nitrogens is 1. The summed E-state index contributed by atoms with van der Waals surface area (Å²) >= 11 is 11.9. The quantitative estimate of drug-likeness (QED) is 0.527. The van der Waals surface area contributed by atoms with Crippen molar-refractivity contribution in [2.24, 2.45) is 0 Å². The monoisotopic (exact) mass is 375 g/mol. The SMILES string of the molecule is O=C(CCNCCc1c[nH]c2ccccc12)Nc1ccc(Cl)cc1Cl. The molecule has 0 bridgehead atoms. The molecule has 0 fully saturated rings. The first-order valence-corrected chi connectivity index (χ1v) is 8.89. The molecular formula is C19H19Cl2N3O. The lowest BCUT2D eigenvalue weighted by Gasteiger charge is -2.08. The number of nitrogens with one attached hydrogen (secondary N) is 3. The van der Waals surface area contributed by atoms with Gasteiger partial charge in [-0.1, -0.05) is 41.4 Å². The molecule has 0 radical (unpaired) electrons. The number of hydrogen-bond acceptors (Lipinski definition) is 2. The van der Waals surface area contributed by atoms with Crippen molar-refractivity contribution in [1.82, 2.24) is 10.3 Å². The Balaban J connectivity index is 1.40. The van der Waals surface area contributed by atoms with E-state index in [2.05, 4.69) is 27.8 Å². The molecule has 1 heterocycles. The average molecular weight is 376 g/mol. The summed E-state index contributed by atoms with van der Waals surface area (Å²) in [6, 6.07) is 13.3. The average Bonchev–Trinajstić information content (AvgIpc) is 3.00. The predicted molar refractivity (Wildman–Crippen MR) is 105 cm³/mol. The first kappa shape index (κ1) is 17.8. The summed E-state index contributed by atoms with van der Waals surface area (Å²) in [7, 11) is 0. The minimum atomic E-state index is -0.0798. The van der Waals surface area contributed by atoms with E-state index >= 15 is 0 Å². The second-order valence-electron chi connectivity index (χ2n) is 5.78. The van der Waals surface area contributed by atoms with Crippen LogP contribution in [0.5, 0.6) is 0 Å². The third kappa shape index (κ3) is 4.75. The van der Waals surface area contributed by atoms with Gasteiger partial charge in [-0.15, -0.1) is 0 Å². The van der Waals surface area contributed by atoms with Crippen molar-refractivity contribution in [1.29, 1.82) is 0 Å². The van der Waals surface area contributed by atoms with Gasteiger partial charge in [0.2, 0.25) is 5.91 Å². The van der Waals surface area contributed by atoms with Gasteiger partial charge in [-0.25, -0.2) is 0 Å². The molecule has 0 aliphatic carbocycles. The highest BCUT2D eigenvalue weighted by Crippen LogP contribution is 2.25. The summed E-state index contributed by atoms with van der Waals surface area (Å²) < 4.78 is 0. The number of hydrogen-bond donors (Lipinski definition) is 3. The number of anilines is 1. The van der Waals surface area contributed by atoms with Crippen molar-refractivity contribution in [3.05, 3.63) is 64.3 Å². The number of fused-ring (bicyclic) bond motifs is 1. The number of carbonyl (C=O) groups is 1. The van der Waals surface area contributed by atoms with Gasteiger partial charge in [0.15, 0.2) is 0 Å². The predicted octanol–water partition coefficient (Wildman–Crippen LogP) is 4.64. The number of aromatic amines is 1. The van der Waals surface area contributed by atoms with Crippen molar-refractivity contribution in [3.8, 4) is 0 Å². The molecule has 0 spiro atoms. The third-order valence-electron chi connectivity index (χ3n) is 3.98. The Morgan fingerprint density at radius 1 is 1.08 bits per heavy atom. The number of halogens is 2. The number of benzene rings is 2. The van der Waals surface area contributed by atoms with E-state index in [1.807, 2.05) is 18.3 Å². The second-order valence-corrected chi connectivity index (χ2v) is 6.63. The van der Waals surface area contributed by atoms with Gasteiger partial charge in [-0.3, -0.25) is 4.79 Å². The maximum Gasteiger partial charge on any atom is 0.225 e. The van der Waals surface area contributed by atoms with Gasteiger partial charge in [-0.2, -0.15) is 0 Å². The Labute approximate surface area is 156 Å². The van der Waals surface area contributed by atoms with E-state index in [0.717, 1.165) is 18.5 Å². The van der Waals surface area contributed by atoms with Crippen LogP contribution in [0.2, 0.25) is 10.0 Å². The van der Waals surface area contributed by atoms with Crippen LogP contribution in [0.4, 0.5) is 5.69 Å².